The molecule has 0 saturated heterocycles. The molecule has 1 saturated carbocycles. The molecule has 1 aromatic heterocycles. The minimum Gasteiger partial charge on any atom is -0.444 e. The van der Waals surface area contributed by atoms with Gasteiger partial charge in [0.15, 0.2) is 0 Å². The number of carbonyl (C=O) groups is 1. The number of nitrogens with one attached hydrogen (secondary N) is 1. The van der Waals surface area contributed by atoms with Gasteiger partial charge in [-0.2, -0.15) is 0 Å². The number of hydrogen-bond donors (Lipinski definition) is 1. The molecule has 200 valence electrons. The Hall–Kier alpha value is -2.40. The molecule has 3 aliphatic rings. The third-order valence-corrected chi connectivity index (χ3v) is 8.61. The molecule has 1 N–H and O–H groups in total. The van der Waals surface area contributed by atoms with Crippen LogP contribution in [0.25, 0.3) is 0 Å². The van der Waals surface area contributed by atoms with Gasteiger partial charge in [0.1, 0.15) is 5.60 Å². The molecule has 0 aliphatic heterocycles. The van der Waals surface area contributed by atoms with E-state index >= 15 is 0 Å². The number of carbonyl (C=O) groups excluding carboxylic acids is 1. The number of aromatic nitrogens is 1. The Morgan fingerprint density at radius 1 is 0.919 bits per heavy atom. The lowest BCUT2D eigenvalue weighted by atomic mass is 9.81. The van der Waals surface area contributed by atoms with E-state index in [4.69, 9.17) is 9.72 Å². The fourth-order valence-corrected chi connectivity index (χ4v) is 6.83. The number of hydrogen-bond acceptors (Lipinski definition) is 4. The molecule has 5 rings (SSSR count). The van der Waals surface area contributed by atoms with Crippen molar-refractivity contribution in [3.8, 4) is 0 Å². The van der Waals surface area contributed by atoms with E-state index in [1.54, 1.807) is 11.1 Å². The standard InChI is InChI=1S/C32H45N3O2/c1-32(2,3)37-31(36)34-28-17-14-23(15-18-28)21-35(29-12-6-10-26-11-7-19-33-30(26)29)22-24-13-16-25-8-4-5-9-27(25)20-24/h4-5,7-9,11,19,23-24,28-29H,6,10,12-18,20-22H2,1-3H3,(H,34,36)/t23?,24-,28?,29+/m1/s1. The van der Waals surface area contributed by atoms with Crippen molar-refractivity contribution in [2.45, 2.75) is 103 Å². The Kier molecular flexibility index (Phi) is 8.18. The highest BCUT2D eigenvalue weighted by molar-refractivity contribution is 5.68. The van der Waals surface area contributed by atoms with Crippen molar-refractivity contribution in [2.75, 3.05) is 13.1 Å². The second-order valence-electron chi connectivity index (χ2n) is 12.7. The van der Waals surface area contributed by atoms with Crippen molar-refractivity contribution >= 4 is 6.09 Å². The van der Waals surface area contributed by atoms with E-state index in [0.29, 0.717) is 17.9 Å². The van der Waals surface area contributed by atoms with E-state index in [-0.39, 0.29) is 12.1 Å². The summed E-state index contributed by atoms with van der Waals surface area (Å²) in [4.78, 5) is 20.0. The number of aryl methyl sites for hydroxylation is 2. The van der Waals surface area contributed by atoms with E-state index < -0.39 is 5.60 Å². The fraction of sp³-hybridized carbons (Fsp3) is 0.625. The number of rotatable bonds is 6. The summed E-state index contributed by atoms with van der Waals surface area (Å²) in [6.45, 7) is 8.05. The lowest BCUT2D eigenvalue weighted by molar-refractivity contribution is 0.0477. The lowest BCUT2D eigenvalue weighted by Gasteiger charge is -2.41. The Bertz CT molecular complexity index is 1050. The van der Waals surface area contributed by atoms with Crippen molar-refractivity contribution in [1.29, 1.82) is 0 Å². The fourth-order valence-electron chi connectivity index (χ4n) is 6.83. The first-order chi connectivity index (χ1) is 17.8. The highest BCUT2D eigenvalue weighted by atomic mass is 16.6. The Morgan fingerprint density at radius 3 is 2.43 bits per heavy atom. The van der Waals surface area contributed by atoms with Gasteiger partial charge in [-0.3, -0.25) is 9.88 Å². The highest BCUT2D eigenvalue weighted by Crippen LogP contribution is 2.37. The largest absolute Gasteiger partial charge is 0.444 e. The van der Waals surface area contributed by atoms with Crippen LogP contribution in [0.3, 0.4) is 0 Å². The van der Waals surface area contributed by atoms with Crippen molar-refractivity contribution in [3.63, 3.8) is 0 Å². The third-order valence-electron chi connectivity index (χ3n) is 8.61. The second kappa shape index (κ2) is 11.6. The van der Waals surface area contributed by atoms with Crippen LogP contribution >= 0.6 is 0 Å². The number of pyridine rings is 1. The first kappa shape index (κ1) is 26.2. The number of alkyl carbamates (subject to hydrolysis) is 1. The summed E-state index contributed by atoms with van der Waals surface area (Å²) in [6, 6.07) is 14.1. The molecule has 1 heterocycles. The van der Waals surface area contributed by atoms with Crippen LogP contribution in [0.4, 0.5) is 4.79 Å². The number of ether oxygens (including phenoxy) is 1. The third kappa shape index (κ3) is 6.93. The van der Waals surface area contributed by atoms with Gasteiger partial charge in [0.05, 0.1) is 11.7 Å². The zero-order valence-corrected chi connectivity index (χ0v) is 23.0. The van der Waals surface area contributed by atoms with E-state index in [0.717, 1.165) is 45.2 Å². The molecule has 5 heteroatoms. The van der Waals surface area contributed by atoms with Gasteiger partial charge in [-0.15, -0.1) is 0 Å². The number of benzene rings is 1. The summed E-state index contributed by atoms with van der Waals surface area (Å²) in [7, 11) is 0. The van der Waals surface area contributed by atoms with Gasteiger partial charge in [-0.1, -0.05) is 30.3 Å². The molecular formula is C32H45N3O2. The molecule has 1 amide bonds. The zero-order valence-electron chi connectivity index (χ0n) is 23.0. The predicted octanol–water partition coefficient (Wildman–Crippen LogP) is 6.65. The Morgan fingerprint density at radius 2 is 1.65 bits per heavy atom. The maximum atomic E-state index is 12.3. The van der Waals surface area contributed by atoms with Gasteiger partial charge in [-0.05, 0) is 120 Å². The summed E-state index contributed by atoms with van der Waals surface area (Å²) in [6.07, 6.45) is 13.4. The number of fused-ring (bicyclic) bond motifs is 2. The maximum absolute atomic E-state index is 12.3. The SMILES string of the molecule is CC(C)(C)OC(=O)NC1CCC(CN(C[C@@H]2CCc3ccccc3C2)[C@H]2CCCc3cccnc32)CC1. The van der Waals surface area contributed by atoms with Crippen molar-refractivity contribution in [3.05, 3.63) is 65.0 Å². The normalized spacial score (nSPS) is 25.7. The minimum atomic E-state index is -0.453. The quantitative estimate of drug-likeness (QED) is 0.479. The van der Waals surface area contributed by atoms with Crippen molar-refractivity contribution in [1.82, 2.24) is 15.2 Å². The average Bonchev–Trinajstić information content (AvgIpc) is 2.88. The molecule has 2 atom stereocenters. The maximum Gasteiger partial charge on any atom is 0.407 e. The number of nitrogens with zero attached hydrogens (tertiary/aromatic N) is 2. The molecule has 3 aliphatic carbocycles. The molecule has 0 radical (unpaired) electrons. The first-order valence-electron chi connectivity index (χ1n) is 14.6. The molecule has 1 fully saturated rings. The van der Waals surface area contributed by atoms with Crippen LogP contribution in [-0.4, -0.2) is 40.7 Å². The molecule has 37 heavy (non-hydrogen) atoms. The molecular weight excluding hydrogens is 458 g/mol. The summed E-state index contributed by atoms with van der Waals surface area (Å²) in [5.41, 5.74) is 5.42. The van der Waals surface area contributed by atoms with Gasteiger partial charge in [0, 0.05) is 25.3 Å². The monoisotopic (exact) mass is 503 g/mol. The summed E-state index contributed by atoms with van der Waals surface area (Å²) >= 11 is 0. The topological polar surface area (TPSA) is 54.5 Å². The zero-order chi connectivity index (χ0) is 25.8. The number of amides is 1. The molecule has 5 nitrogen and oxygen atoms in total. The van der Waals surface area contributed by atoms with E-state index in [1.165, 1.54) is 43.4 Å². The van der Waals surface area contributed by atoms with Gasteiger partial charge in [0.2, 0.25) is 0 Å². The molecule has 0 bridgehead atoms. The predicted molar refractivity (Wildman–Crippen MR) is 149 cm³/mol. The lowest BCUT2D eigenvalue weighted by Crippen LogP contribution is -2.44. The van der Waals surface area contributed by atoms with Gasteiger partial charge in [-0.25, -0.2) is 4.79 Å². The smallest absolute Gasteiger partial charge is 0.407 e. The van der Waals surface area contributed by atoms with Crippen molar-refractivity contribution < 1.29 is 9.53 Å². The summed E-state index contributed by atoms with van der Waals surface area (Å²) < 4.78 is 5.49. The first-order valence-corrected chi connectivity index (χ1v) is 14.6. The van der Waals surface area contributed by atoms with E-state index in [1.807, 2.05) is 27.0 Å². The van der Waals surface area contributed by atoms with Gasteiger partial charge < -0.3 is 10.1 Å². The average molecular weight is 504 g/mol. The van der Waals surface area contributed by atoms with Gasteiger partial charge >= 0.3 is 6.09 Å². The molecule has 0 spiro atoms. The van der Waals surface area contributed by atoms with Crippen LogP contribution in [0.5, 0.6) is 0 Å². The van der Waals surface area contributed by atoms with Crippen LogP contribution in [-0.2, 0) is 24.0 Å². The van der Waals surface area contributed by atoms with Crippen LogP contribution in [0.1, 0.15) is 94.1 Å². The Labute approximate surface area is 223 Å². The second-order valence-corrected chi connectivity index (χ2v) is 12.7. The minimum absolute atomic E-state index is 0.228. The van der Waals surface area contributed by atoms with Gasteiger partial charge in [0.25, 0.3) is 0 Å². The van der Waals surface area contributed by atoms with E-state index in [2.05, 4.69) is 46.6 Å². The van der Waals surface area contributed by atoms with Crippen LogP contribution < -0.4 is 5.32 Å². The summed E-state index contributed by atoms with van der Waals surface area (Å²) in [5, 5.41) is 3.12. The summed E-state index contributed by atoms with van der Waals surface area (Å²) in [5.74, 6) is 1.37. The van der Waals surface area contributed by atoms with Crippen LogP contribution in [0.15, 0.2) is 42.6 Å². The van der Waals surface area contributed by atoms with Crippen LogP contribution in [0, 0.1) is 11.8 Å². The molecule has 0 unspecified atom stereocenters. The highest BCUT2D eigenvalue weighted by Gasteiger charge is 2.33. The van der Waals surface area contributed by atoms with E-state index in [9.17, 15) is 4.79 Å². The molecule has 1 aromatic carbocycles. The Balaban J connectivity index is 1.24. The van der Waals surface area contributed by atoms with Crippen molar-refractivity contribution in [2.24, 2.45) is 11.8 Å². The van der Waals surface area contributed by atoms with Crippen LogP contribution in [0.2, 0.25) is 0 Å². The molecule has 2 aromatic rings.